The van der Waals surface area contributed by atoms with Gasteiger partial charge in [0, 0.05) is 23.5 Å². The number of aromatic nitrogens is 4. The van der Waals surface area contributed by atoms with Crippen LogP contribution in [0, 0.1) is 0 Å². The van der Waals surface area contributed by atoms with Crippen LogP contribution in [-0.4, -0.2) is 39.5 Å². The van der Waals surface area contributed by atoms with Gasteiger partial charge < -0.3 is 5.32 Å². The lowest BCUT2D eigenvalue weighted by Gasteiger charge is -2.12. The molecular formula is C19H16N6O3S3. The Morgan fingerprint density at radius 1 is 1.06 bits per heavy atom. The first-order valence-corrected chi connectivity index (χ1v) is 12.2. The van der Waals surface area contributed by atoms with E-state index in [1.54, 1.807) is 13.0 Å². The fraction of sp³-hybridized carbons (Fsp3) is 0.105. The molecule has 0 saturated heterocycles. The first-order valence-electron chi connectivity index (χ1n) is 8.98. The average molecular weight is 473 g/mol. The Labute approximate surface area is 186 Å². The van der Waals surface area contributed by atoms with Crippen molar-refractivity contribution in [2.24, 2.45) is 0 Å². The van der Waals surface area contributed by atoms with Gasteiger partial charge in [-0.1, -0.05) is 11.8 Å². The highest BCUT2D eigenvalue weighted by atomic mass is 32.2. The molecule has 1 atom stereocenters. The van der Waals surface area contributed by atoms with Crippen LogP contribution in [0.4, 0.5) is 11.6 Å². The number of hydrogen-bond donors (Lipinski definition) is 2. The van der Waals surface area contributed by atoms with Crippen LogP contribution >= 0.6 is 23.1 Å². The van der Waals surface area contributed by atoms with Gasteiger partial charge in [-0.25, -0.2) is 33.1 Å². The van der Waals surface area contributed by atoms with Crippen molar-refractivity contribution in [1.82, 2.24) is 19.9 Å². The van der Waals surface area contributed by atoms with Gasteiger partial charge in [-0.15, -0.1) is 11.3 Å². The second kappa shape index (κ2) is 8.96. The van der Waals surface area contributed by atoms with Crippen molar-refractivity contribution in [2.45, 2.75) is 22.1 Å². The molecule has 158 valence electrons. The van der Waals surface area contributed by atoms with Gasteiger partial charge in [-0.2, -0.15) is 0 Å². The van der Waals surface area contributed by atoms with E-state index in [1.807, 2.05) is 11.4 Å². The van der Waals surface area contributed by atoms with Crippen molar-refractivity contribution in [2.75, 3.05) is 10.0 Å². The van der Waals surface area contributed by atoms with E-state index in [1.165, 1.54) is 66.1 Å². The van der Waals surface area contributed by atoms with Crippen LogP contribution in [0.1, 0.15) is 6.92 Å². The number of fused-ring (bicyclic) bond motifs is 1. The summed E-state index contributed by atoms with van der Waals surface area (Å²) in [5, 5.41) is 5.96. The largest absolute Gasteiger partial charge is 0.325 e. The SMILES string of the molecule is CC(Sc1ncnc2sccc12)C(=O)Nc1ccc(S(=O)(=O)Nc2ncccn2)cc1. The smallest absolute Gasteiger partial charge is 0.264 e. The molecule has 0 aliphatic heterocycles. The highest BCUT2D eigenvalue weighted by Gasteiger charge is 2.19. The molecule has 3 aromatic heterocycles. The molecule has 12 heteroatoms. The van der Waals surface area contributed by atoms with Crippen LogP contribution in [-0.2, 0) is 14.8 Å². The first-order chi connectivity index (χ1) is 14.9. The van der Waals surface area contributed by atoms with Gasteiger partial charge >= 0.3 is 0 Å². The van der Waals surface area contributed by atoms with E-state index in [9.17, 15) is 13.2 Å². The number of nitrogens with zero attached hydrogens (tertiary/aromatic N) is 4. The van der Waals surface area contributed by atoms with Crippen LogP contribution in [0.25, 0.3) is 10.2 Å². The summed E-state index contributed by atoms with van der Waals surface area (Å²) in [6, 6.07) is 9.37. The molecule has 0 saturated carbocycles. The standard InChI is InChI=1S/C19H16N6O3S3/c1-12(30-18-15-7-10-29-17(15)22-11-23-18)16(26)24-13-3-5-14(6-4-13)31(27,28)25-19-20-8-2-9-21-19/h2-12H,1H3,(H,24,26)(H,20,21,25). The Hall–Kier alpha value is -3.09. The van der Waals surface area contributed by atoms with Crippen molar-refractivity contribution in [1.29, 1.82) is 0 Å². The van der Waals surface area contributed by atoms with E-state index in [-0.39, 0.29) is 16.8 Å². The third kappa shape index (κ3) is 4.98. The third-order valence-corrected chi connectivity index (χ3v) is 7.39. The molecule has 1 aromatic carbocycles. The predicted octanol–water partition coefficient (Wildman–Crippen LogP) is 3.40. The topological polar surface area (TPSA) is 127 Å². The number of thioether (sulfide) groups is 1. The molecule has 0 radical (unpaired) electrons. The summed E-state index contributed by atoms with van der Waals surface area (Å²) in [5.41, 5.74) is 0.482. The monoisotopic (exact) mass is 472 g/mol. The van der Waals surface area contributed by atoms with Crippen LogP contribution in [0.3, 0.4) is 0 Å². The molecular weight excluding hydrogens is 456 g/mol. The second-order valence-corrected chi connectivity index (χ2v) is 10.2. The molecule has 0 spiro atoms. The molecule has 9 nitrogen and oxygen atoms in total. The number of sulfonamides is 1. The first kappa shape index (κ1) is 21.2. The van der Waals surface area contributed by atoms with E-state index in [0.717, 1.165) is 15.2 Å². The zero-order valence-electron chi connectivity index (χ0n) is 16.1. The molecule has 0 fully saturated rings. The van der Waals surface area contributed by atoms with Gasteiger partial charge in [0.25, 0.3) is 10.0 Å². The number of amides is 1. The Bertz CT molecular complexity index is 1310. The highest BCUT2D eigenvalue weighted by Crippen LogP contribution is 2.30. The molecule has 0 aliphatic rings. The second-order valence-electron chi connectivity index (χ2n) is 6.27. The minimum Gasteiger partial charge on any atom is -0.325 e. The quantitative estimate of drug-likeness (QED) is 0.309. The lowest BCUT2D eigenvalue weighted by molar-refractivity contribution is -0.115. The summed E-state index contributed by atoms with van der Waals surface area (Å²) >= 11 is 2.85. The summed E-state index contributed by atoms with van der Waals surface area (Å²) in [6.45, 7) is 1.78. The van der Waals surface area contributed by atoms with Crippen molar-refractivity contribution in [3.63, 3.8) is 0 Å². The summed E-state index contributed by atoms with van der Waals surface area (Å²) in [7, 11) is -3.84. The summed E-state index contributed by atoms with van der Waals surface area (Å²) in [6.07, 6.45) is 4.36. The lowest BCUT2D eigenvalue weighted by atomic mass is 10.3. The summed E-state index contributed by atoms with van der Waals surface area (Å²) < 4.78 is 27.2. The van der Waals surface area contributed by atoms with Crippen molar-refractivity contribution in [3.05, 3.63) is 60.5 Å². The minimum absolute atomic E-state index is 0.0184. The maximum Gasteiger partial charge on any atom is 0.264 e. The van der Waals surface area contributed by atoms with E-state index < -0.39 is 15.3 Å². The van der Waals surface area contributed by atoms with Crippen LogP contribution in [0.15, 0.2) is 70.4 Å². The zero-order valence-corrected chi connectivity index (χ0v) is 18.5. The molecule has 2 N–H and O–H groups in total. The van der Waals surface area contributed by atoms with Crippen LogP contribution < -0.4 is 10.0 Å². The summed E-state index contributed by atoms with van der Waals surface area (Å²) in [5.74, 6) is -0.242. The Balaban J connectivity index is 1.41. The molecule has 31 heavy (non-hydrogen) atoms. The zero-order chi connectivity index (χ0) is 21.8. The van der Waals surface area contributed by atoms with Crippen LogP contribution in [0.2, 0.25) is 0 Å². The number of rotatable bonds is 7. The predicted molar refractivity (Wildman–Crippen MR) is 121 cm³/mol. The van der Waals surface area contributed by atoms with Crippen molar-refractivity contribution < 1.29 is 13.2 Å². The maximum atomic E-state index is 12.6. The number of anilines is 2. The average Bonchev–Trinajstić information content (AvgIpc) is 3.24. The number of benzene rings is 1. The van der Waals surface area contributed by atoms with Gasteiger partial charge in [-0.3, -0.25) is 4.79 Å². The number of hydrogen-bond acceptors (Lipinski definition) is 9. The van der Waals surface area contributed by atoms with Gasteiger partial charge in [0.2, 0.25) is 11.9 Å². The molecule has 1 unspecified atom stereocenters. The summed E-state index contributed by atoms with van der Waals surface area (Å²) in [4.78, 5) is 29.7. The number of carbonyl (C=O) groups excluding carboxylic acids is 1. The lowest BCUT2D eigenvalue weighted by Crippen LogP contribution is -2.22. The van der Waals surface area contributed by atoms with E-state index in [4.69, 9.17) is 0 Å². The number of nitrogens with one attached hydrogen (secondary N) is 2. The van der Waals surface area contributed by atoms with Crippen LogP contribution in [0.5, 0.6) is 0 Å². The Morgan fingerprint density at radius 2 is 1.81 bits per heavy atom. The molecule has 3 heterocycles. The van der Waals surface area contributed by atoms with Crippen molar-refractivity contribution in [3.8, 4) is 0 Å². The fourth-order valence-electron chi connectivity index (χ4n) is 2.57. The Morgan fingerprint density at radius 3 is 2.55 bits per heavy atom. The van der Waals surface area contributed by atoms with Gasteiger partial charge in [0.15, 0.2) is 0 Å². The minimum atomic E-state index is -3.84. The van der Waals surface area contributed by atoms with Gasteiger partial charge in [-0.05, 0) is 48.7 Å². The van der Waals surface area contributed by atoms with E-state index in [0.29, 0.717) is 5.69 Å². The van der Waals surface area contributed by atoms with E-state index in [2.05, 4.69) is 30.0 Å². The fourth-order valence-corrected chi connectivity index (χ4v) is 5.23. The maximum absolute atomic E-state index is 12.6. The van der Waals surface area contributed by atoms with Gasteiger partial charge in [0.05, 0.1) is 10.1 Å². The highest BCUT2D eigenvalue weighted by molar-refractivity contribution is 8.00. The van der Waals surface area contributed by atoms with Gasteiger partial charge in [0.1, 0.15) is 16.2 Å². The molecule has 0 bridgehead atoms. The van der Waals surface area contributed by atoms with Crippen molar-refractivity contribution >= 4 is 60.9 Å². The van der Waals surface area contributed by atoms with E-state index >= 15 is 0 Å². The normalized spacial score (nSPS) is 12.4. The molecule has 4 aromatic rings. The number of thiophene rings is 1. The molecule has 0 aliphatic carbocycles. The Kier molecular flexibility index (Phi) is 6.11. The molecule has 1 amide bonds. The molecule has 4 rings (SSSR count). The third-order valence-electron chi connectivity index (χ3n) is 4.11. The number of carbonyl (C=O) groups is 1.